The fourth-order valence-corrected chi connectivity index (χ4v) is 3.90. The van der Waals surface area contributed by atoms with Crippen LogP contribution in [0.2, 0.25) is 0 Å². The van der Waals surface area contributed by atoms with Crippen LogP contribution in [-0.2, 0) is 14.4 Å². The zero-order valence-corrected chi connectivity index (χ0v) is 16.1. The Morgan fingerprint density at radius 2 is 2.14 bits per heavy atom. The molecule has 1 spiro atoms. The molecule has 1 saturated heterocycles. The smallest absolute Gasteiger partial charge is 0.248 e. The van der Waals surface area contributed by atoms with E-state index in [1.807, 2.05) is 6.92 Å². The molecule has 1 aromatic heterocycles. The highest BCUT2D eigenvalue weighted by Gasteiger charge is 2.55. The number of unbranched alkanes of at least 4 members (excludes halogenated alkanes) is 1. The number of rotatable bonds is 8. The Morgan fingerprint density at radius 1 is 1.36 bits per heavy atom. The lowest BCUT2D eigenvalue weighted by Gasteiger charge is -2.28. The number of aromatic nitrogens is 2. The van der Waals surface area contributed by atoms with Crippen molar-refractivity contribution < 1.29 is 19.6 Å². The topological polar surface area (TPSA) is 125 Å². The molecule has 2 aliphatic rings. The number of hydroxylamine groups is 1. The number of carbonyl (C=O) groups is 3. The van der Waals surface area contributed by atoms with Crippen molar-refractivity contribution in [3.63, 3.8) is 0 Å². The zero-order valence-electron chi connectivity index (χ0n) is 16.1. The molecule has 2 unspecified atom stereocenters. The maximum Gasteiger partial charge on any atom is 0.248 e. The SMILES string of the molecule is CCCCC(CC(=O)NO)C(=O)N1CC2(CC2)CC1C(=O)Nc1cnccn1. The molecular weight excluding hydrogens is 362 g/mol. The lowest BCUT2D eigenvalue weighted by Crippen LogP contribution is -2.46. The molecule has 1 aliphatic heterocycles. The number of hydrogen-bond donors (Lipinski definition) is 3. The van der Waals surface area contributed by atoms with Gasteiger partial charge in [-0.05, 0) is 31.1 Å². The van der Waals surface area contributed by atoms with Crippen molar-refractivity contribution in [2.75, 3.05) is 11.9 Å². The molecule has 1 aliphatic carbocycles. The number of carbonyl (C=O) groups excluding carboxylic acids is 3. The van der Waals surface area contributed by atoms with E-state index in [0.29, 0.717) is 25.2 Å². The Labute approximate surface area is 163 Å². The first-order valence-electron chi connectivity index (χ1n) is 9.78. The van der Waals surface area contributed by atoms with Crippen LogP contribution >= 0.6 is 0 Å². The minimum atomic E-state index is -0.588. The highest BCUT2D eigenvalue weighted by atomic mass is 16.5. The third kappa shape index (κ3) is 4.64. The van der Waals surface area contributed by atoms with Gasteiger partial charge in [-0.2, -0.15) is 0 Å². The molecule has 0 radical (unpaired) electrons. The summed E-state index contributed by atoms with van der Waals surface area (Å²) in [5.41, 5.74) is 1.63. The molecule has 3 rings (SSSR count). The van der Waals surface area contributed by atoms with E-state index >= 15 is 0 Å². The van der Waals surface area contributed by atoms with Gasteiger partial charge in [-0.1, -0.05) is 19.8 Å². The molecule has 2 fully saturated rings. The predicted octanol–water partition coefficient (Wildman–Crippen LogP) is 1.50. The molecule has 9 nitrogen and oxygen atoms in total. The van der Waals surface area contributed by atoms with Crippen molar-refractivity contribution in [2.45, 2.75) is 57.9 Å². The number of nitrogens with zero attached hydrogens (tertiary/aromatic N) is 3. The quantitative estimate of drug-likeness (QED) is 0.457. The average Bonchev–Trinajstić information content (AvgIpc) is 3.35. The summed E-state index contributed by atoms with van der Waals surface area (Å²) in [6.07, 6.45) is 9.25. The average molecular weight is 389 g/mol. The normalized spacial score (nSPS) is 20.6. The third-order valence-electron chi connectivity index (χ3n) is 5.68. The van der Waals surface area contributed by atoms with Crippen LogP contribution in [0.5, 0.6) is 0 Å². The Morgan fingerprint density at radius 3 is 2.75 bits per heavy atom. The van der Waals surface area contributed by atoms with Gasteiger partial charge >= 0.3 is 0 Å². The minimum Gasteiger partial charge on any atom is -0.330 e. The molecule has 152 valence electrons. The lowest BCUT2D eigenvalue weighted by atomic mass is 9.96. The molecule has 9 heteroatoms. The van der Waals surface area contributed by atoms with Crippen LogP contribution in [-0.4, -0.2) is 50.4 Å². The molecule has 0 bridgehead atoms. The summed E-state index contributed by atoms with van der Waals surface area (Å²) in [6.45, 7) is 2.55. The van der Waals surface area contributed by atoms with E-state index in [4.69, 9.17) is 5.21 Å². The largest absolute Gasteiger partial charge is 0.330 e. The van der Waals surface area contributed by atoms with Gasteiger partial charge in [0.25, 0.3) is 0 Å². The van der Waals surface area contributed by atoms with Gasteiger partial charge in [0.2, 0.25) is 17.7 Å². The number of hydrogen-bond acceptors (Lipinski definition) is 6. The van der Waals surface area contributed by atoms with E-state index in [2.05, 4.69) is 15.3 Å². The van der Waals surface area contributed by atoms with Crippen LogP contribution in [0.3, 0.4) is 0 Å². The zero-order chi connectivity index (χ0) is 20.1. The Kier molecular flexibility index (Phi) is 6.23. The van der Waals surface area contributed by atoms with Gasteiger partial charge in [0.15, 0.2) is 5.82 Å². The highest BCUT2D eigenvalue weighted by molar-refractivity contribution is 5.97. The Hall–Kier alpha value is -2.55. The van der Waals surface area contributed by atoms with Gasteiger partial charge in [0, 0.05) is 31.3 Å². The molecular formula is C19H27N5O4. The summed E-state index contributed by atoms with van der Waals surface area (Å²) in [7, 11) is 0. The lowest BCUT2D eigenvalue weighted by molar-refractivity contribution is -0.143. The summed E-state index contributed by atoms with van der Waals surface area (Å²) < 4.78 is 0. The van der Waals surface area contributed by atoms with Crippen LogP contribution in [0.1, 0.15) is 51.9 Å². The van der Waals surface area contributed by atoms with Crippen molar-refractivity contribution >= 4 is 23.5 Å². The second-order valence-corrected chi connectivity index (χ2v) is 7.84. The van der Waals surface area contributed by atoms with Gasteiger partial charge in [-0.15, -0.1) is 0 Å². The maximum absolute atomic E-state index is 13.2. The molecule has 0 aromatic carbocycles. The first-order valence-corrected chi connectivity index (χ1v) is 9.78. The van der Waals surface area contributed by atoms with E-state index in [1.165, 1.54) is 18.6 Å². The number of likely N-dealkylation sites (tertiary alicyclic amines) is 1. The summed E-state index contributed by atoms with van der Waals surface area (Å²) in [4.78, 5) is 47.4. The standard InChI is InChI=1S/C19H27N5O4/c1-2-3-4-13(9-16(25)23-28)18(27)24-12-19(5-6-19)10-14(24)17(26)22-15-11-20-7-8-21-15/h7-8,11,13-14,28H,2-6,9-10,12H2,1H3,(H,23,25)(H,21,22,26). The van der Waals surface area contributed by atoms with Crippen LogP contribution in [0, 0.1) is 11.3 Å². The van der Waals surface area contributed by atoms with E-state index < -0.39 is 17.9 Å². The van der Waals surface area contributed by atoms with E-state index in [1.54, 1.807) is 10.4 Å². The van der Waals surface area contributed by atoms with Crippen LogP contribution in [0.4, 0.5) is 5.82 Å². The fraction of sp³-hybridized carbons (Fsp3) is 0.632. The number of anilines is 1. The monoisotopic (exact) mass is 389 g/mol. The summed E-state index contributed by atoms with van der Waals surface area (Å²) in [5, 5.41) is 11.6. The van der Waals surface area contributed by atoms with Gasteiger partial charge in [0.1, 0.15) is 6.04 Å². The predicted molar refractivity (Wildman–Crippen MR) is 100 cm³/mol. The van der Waals surface area contributed by atoms with Gasteiger partial charge in [0.05, 0.1) is 6.20 Å². The molecule has 2 atom stereocenters. The second kappa shape index (κ2) is 8.64. The van der Waals surface area contributed by atoms with E-state index in [9.17, 15) is 14.4 Å². The molecule has 2 heterocycles. The van der Waals surface area contributed by atoms with Crippen molar-refractivity contribution in [3.05, 3.63) is 18.6 Å². The van der Waals surface area contributed by atoms with Crippen molar-refractivity contribution in [1.82, 2.24) is 20.3 Å². The van der Waals surface area contributed by atoms with Crippen molar-refractivity contribution in [1.29, 1.82) is 0 Å². The molecule has 28 heavy (non-hydrogen) atoms. The number of amides is 3. The van der Waals surface area contributed by atoms with Crippen molar-refractivity contribution in [3.8, 4) is 0 Å². The summed E-state index contributed by atoms with van der Waals surface area (Å²) in [6, 6.07) is -0.585. The third-order valence-corrected chi connectivity index (χ3v) is 5.68. The fourth-order valence-electron chi connectivity index (χ4n) is 3.90. The second-order valence-electron chi connectivity index (χ2n) is 7.84. The van der Waals surface area contributed by atoms with Gasteiger partial charge < -0.3 is 10.2 Å². The molecule has 3 N–H and O–H groups in total. The Balaban J connectivity index is 1.74. The van der Waals surface area contributed by atoms with Crippen molar-refractivity contribution in [2.24, 2.45) is 11.3 Å². The Bertz CT molecular complexity index is 722. The molecule has 1 aromatic rings. The van der Waals surface area contributed by atoms with Gasteiger partial charge in [-0.25, -0.2) is 10.5 Å². The summed E-state index contributed by atoms with van der Waals surface area (Å²) in [5.74, 6) is -1.26. The minimum absolute atomic E-state index is 0.0224. The summed E-state index contributed by atoms with van der Waals surface area (Å²) >= 11 is 0. The van der Waals surface area contributed by atoms with E-state index in [-0.39, 0.29) is 23.7 Å². The van der Waals surface area contributed by atoms with Crippen LogP contribution < -0.4 is 10.8 Å². The highest BCUT2D eigenvalue weighted by Crippen LogP contribution is 2.55. The number of nitrogens with one attached hydrogen (secondary N) is 2. The first kappa shape index (κ1) is 20.2. The molecule has 1 saturated carbocycles. The molecule has 3 amide bonds. The first-order chi connectivity index (χ1) is 13.5. The van der Waals surface area contributed by atoms with E-state index in [0.717, 1.165) is 25.7 Å². The van der Waals surface area contributed by atoms with Gasteiger partial charge in [-0.3, -0.25) is 24.6 Å². The van der Waals surface area contributed by atoms with Crippen LogP contribution in [0.25, 0.3) is 0 Å². The maximum atomic E-state index is 13.2. The van der Waals surface area contributed by atoms with Crippen LogP contribution in [0.15, 0.2) is 18.6 Å².